The Hall–Kier alpha value is -2.49. The van der Waals surface area contributed by atoms with E-state index in [0.29, 0.717) is 49.3 Å². The standard InChI is InChI=1S/C24H19Cl3FN3O3S/c1-33-15-5-8-22(34-2)17(11-15)21(32)12-35-24-30-29-23(16-6-3-13(25)9-18(16)26)31(24)14-4-7-20(28)19(27)10-14/h3-11,21,32H,12H2,1-2H3. The van der Waals surface area contributed by atoms with E-state index in [1.54, 1.807) is 54.1 Å². The van der Waals surface area contributed by atoms with Gasteiger partial charge in [-0.1, -0.05) is 46.6 Å². The Balaban J connectivity index is 1.73. The van der Waals surface area contributed by atoms with Gasteiger partial charge in [0.15, 0.2) is 11.0 Å². The molecule has 0 radical (unpaired) electrons. The summed E-state index contributed by atoms with van der Waals surface area (Å²) in [5.41, 5.74) is 1.67. The van der Waals surface area contributed by atoms with E-state index in [1.807, 2.05) is 0 Å². The molecule has 1 aromatic heterocycles. The molecule has 0 saturated heterocycles. The predicted octanol–water partition coefficient (Wildman–Crippen LogP) is 6.88. The van der Waals surface area contributed by atoms with Gasteiger partial charge in [-0.3, -0.25) is 4.57 Å². The van der Waals surface area contributed by atoms with Crippen molar-refractivity contribution in [3.8, 4) is 28.6 Å². The fraction of sp³-hybridized carbons (Fsp3) is 0.167. The van der Waals surface area contributed by atoms with E-state index in [1.165, 1.54) is 31.0 Å². The third-order valence-corrected chi connectivity index (χ3v) is 6.98. The first kappa shape index (κ1) is 25.6. The lowest BCUT2D eigenvalue weighted by atomic mass is 10.1. The highest BCUT2D eigenvalue weighted by molar-refractivity contribution is 7.99. The smallest absolute Gasteiger partial charge is 0.196 e. The van der Waals surface area contributed by atoms with Crippen LogP contribution in [-0.4, -0.2) is 39.8 Å². The van der Waals surface area contributed by atoms with Crippen LogP contribution >= 0.6 is 46.6 Å². The van der Waals surface area contributed by atoms with Crippen molar-refractivity contribution in [2.75, 3.05) is 20.0 Å². The number of hydrogen-bond acceptors (Lipinski definition) is 6. The molecular weight excluding hydrogens is 536 g/mol. The largest absolute Gasteiger partial charge is 0.497 e. The number of aromatic nitrogens is 3. The molecule has 0 saturated carbocycles. The SMILES string of the molecule is COc1ccc(OC)c(C(O)CSc2nnc(-c3ccc(Cl)cc3Cl)n2-c2ccc(F)c(Cl)c2)c1. The first-order valence-corrected chi connectivity index (χ1v) is 12.3. The van der Waals surface area contributed by atoms with Crippen molar-refractivity contribution in [1.82, 2.24) is 14.8 Å². The van der Waals surface area contributed by atoms with E-state index in [2.05, 4.69) is 10.2 Å². The molecule has 1 N–H and O–H groups in total. The highest BCUT2D eigenvalue weighted by Gasteiger charge is 2.22. The fourth-order valence-electron chi connectivity index (χ4n) is 3.41. The maximum absolute atomic E-state index is 13.9. The van der Waals surface area contributed by atoms with E-state index >= 15 is 0 Å². The molecule has 4 rings (SSSR count). The summed E-state index contributed by atoms with van der Waals surface area (Å²) in [7, 11) is 3.08. The van der Waals surface area contributed by atoms with Crippen molar-refractivity contribution in [3.63, 3.8) is 0 Å². The number of rotatable bonds is 8. The molecule has 1 atom stereocenters. The summed E-state index contributed by atoms with van der Waals surface area (Å²) in [5, 5.41) is 20.8. The molecule has 0 aliphatic carbocycles. The van der Waals surface area contributed by atoms with E-state index in [9.17, 15) is 9.50 Å². The molecular formula is C24H19Cl3FN3O3S. The Labute approximate surface area is 220 Å². The summed E-state index contributed by atoms with van der Waals surface area (Å²) in [6.07, 6.45) is -0.908. The molecule has 0 spiro atoms. The summed E-state index contributed by atoms with van der Waals surface area (Å²) in [6, 6.07) is 14.5. The third-order valence-electron chi connectivity index (χ3n) is 5.13. The minimum Gasteiger partial charge on any atom is -0.497 e. The molecule has 35 heavy (non-hydrogen) atoms. The van der Waals surface area contributed by atoms with Crippen LogP contribution in [0.3, 0.4) is 0 Å². The van der Waals surface area contributed by atoms with E-state index in [4.69, 9.17) is 44.3 Å². The zero-order valence-corrected chi connectivity index (χ0v) is 21.6. The highest BCUT2D eigenvalue weighted by Crippen LogP contribution is 2.37. The van der Waals surface area contributed by atoms with Gasteiger partial charge in [-0.25, -0.2) is 4.39 Å². The lowest BCUT2D eigenvalue weighted by Crippen LogP contribution is -2.06. The van der Waals surface area contributed by atoms with Crippen LogP contribution < -0.4 is 9.47 Å². The Morgan fingerprint density at radius 2 is 1.77 bits per heavy atom. The topological polar surface area (TPSA) is 69.4 Å². The number of thioether (sulfide) groups is 1. The number of nitrogens with zero attached hydrogens (tertiary/aromatic N) is 3. The van der Waals surface area contributed by atoms with Crippen LogP contribution in [0.1, 0.15) is 11.7 Å². The van der Waals surface area contributed by atoms with Crippen LogP contribution in [0, 0.1) is 5.82 Å². The predicted molar refractivity (Wildman–Crippen MR) is 137 cm³/mol. The summed E-state index contributed by atoms with van der Waals surface area (Å²) in [5.74, 6) is 1.19. The second-order valence-corrected chi connectivity index (χ2v) is 9.54. The molecule has 0 amide bonds. The molecule has 0 fully saturated rings. The molecule has 0 bridgehead atoms. The van der Waals surface area contributed by atoms with Crippen LogP contribution in [0.2, 0.25) is 15.1 Å². The summed E-state index contributed by atoms with van der Waals surface area (Å²) in [6.45, 7) is 0. The van der Waals surface area contributed by atoms with Crippen LogP contribution in [0.4, 0.5) is 4.39 Å². The number of ether oxygens (including phenoxy) is 2. The molecule has 11 heteroatoms. The van der Waals surface area contributed by atoms with Gasteiger partial charge < -0.3 is 14.6 Å². The van der Waals surface area contributed by atoms with Gasteiger partial charge in [0.1, 0.15) is 17.3 Å². The average molecular weight is 555 g/mol. The zero-order valence-electron chi connectivity index (χ0n) is 18.5. The quantitative estimate of drug-likeness (QED) is 0.240. The van der Waals surface area contributed by atoms with Crippen molar-refractivity contribution in [3.05, 3.63) is 81.0 Å². The number of benzene rings is 3. The summed E-state index contributed by atoms with van der Waals surface area (Å²) < 4.78 is 26.2. The fourth-order valence-corrected chi connectivity index (χ4v) is 4.98. The van der Waals surface area contributed by atoms with Crippen molar-refractivity contribution in [2.45, 2.75) is 11.3 Å². The second kappa shape index (κ2) is 11.1. The third kappa shape index (κ3) is 5.52. The van der Waals surface area contributed by atoms with Gasteiger partial charge in [0.2, 0.25) is 0 Å². The maximum Gasteiger partial charge on any atom is 0.196 e. The minimum atomic E-state index is -0.908. The molecule has 182 valence electrons. The van der Waals surface area contributed by atoms with Crippen molar-refractivity contribution < 1.29 is 19.0 Å². The van der Waals surface area contributed by atoms with Crippen molar-refractivity contribution in [2.24, 2.45) is 0 Å². The number of halogens is 4. The normalized spacial score (nSPS) is 12.0. The molecule has 4 aromatic rings. The van der Waals surface area contributed by atoms with Gasteiger partial charge in [-0.15, -0.1) is 10.2 Å². The number of methoxy groups -OCH3 is 2. The highest BCUT2D eigenvalue weighted by atomic mass is 35.5. The number of hydrogen-bond donors (Lipinski definition) is 1. The Kier molecular flexibility index (Phi) is 8.09. The number of aliphatic hydroxyl groups is 1. The Bertz CT molecular complexity index is 1370. The van der Waals surface area contributed by atoms with Crippen molar-refractivity contribution >= 4 is 46.6 Å². The van der Waals surface area contributed by atoms with Crippen molar-refractivity contribution in [1.29, 1.82) is 0 Å². The van der Waals surface area contributed by atoms with E-state index in [-0.39, 0.29) is 10.8 Å². The minimum absolute atomic E-state index is 0.0542. The first-order chi connectivity index (χ1) is 16.8. The van der Waals surface area contributed by atoms with E-state index in [0.717, 1.165) is 0 Å². The molecule has 1 unspecified atom stereocenters. The van der Waals surface area contributed by atoms with Gasteiger partial charge in [0.05, 0.1) is 36.1 Å². The summed E-state index contributed by atoms with van der Waals surface area (Å²) in [4.78, 5) is 0. The maximum atomic E-state index is 13.9. The lowest BCUT2D eigenvalue weighted by molar-refractivity contribution is 0.198. The number of aliphatic hydroxyl groups excluding tert-OH is 1. The lowest BCUT2D eigenvalue weighted by Gasteiger charge is -2.16. The van der Waals surface area contributed by atoms with Gasteiger partial charge >= 0.3 is 0 Å². The first-order valence-electron chi connectivity index (χ1n) is 10.2. The monoisotopic (exact) mass is 553 g/mol. The Morgan fingerprint density at radius 1 is 0.971 bits per heavy atom. The van der Waals surface area contributed by atoms with Gasteiger partial charge in [0.25, 0.3) is 0 Å². The Morgan fingerprint density at radius 3 is 2.46 bits per heavy atom. The van der Waals surface area contributed by atoms with Gasteiger partial charge in [-0.05, 0) is 54.6 Å². The van der Waals surface area contributed by atoms with Crippen LogP contribution in [0.5, 0.6) is 11.5 Å². The summed E-state index contributed by atoms with van der Waals surface area (Å²) >= 11 is 19.8. The zero-order chi connectivity index (χ0) is 25.1. The molecule has 3 aromatic carbocycles. The molecule has 6 nitrogen and oxygen atoms in total. The average Bonchev–Trinajstić information content (AvgIpc) is 3.27. The van der Waals surface area contributed by atoms with Crippen LogP contribution in [-0.2, 0) is 0 Å². The van der Waals surface area contributed by atoms with Crippen LogP contribution in [0.15, 0.2) is 59.8 Å². The van der Waals surface area contributed by atoms with Gasteiger partial charge in [-0.2, -0.15) is 0 Å². The second-order valence-electron chi connectivity index (χ2n) is 7.30. The molecule has 0 aliphatic rings. The van der Waals surface area contributed by atoms with Crippen LogP contribution in [0.25, 0.3) is 17.1 Å². The molecule has 1 heterocycles. The van der Waals surface area contributed by atoms with E-state index < -0.39 is 11.9 Å². The van der Waals surface area contributed by atoms with Gasteiger partial charge in [0, 0.05) is 21.9 Å². The molecule has 0 aliphatic heterocycles.